The molecule has 0 saturated heterocycles. The molecule has 9 heteroatoms. The van der Waals surface area contributed by atoms with E-state index >= 15 is 0 Å². The first-order valence-electron chi connectivity index (χ1n) is 10.7. The summed E-state index contributed by atoms with van der Waals surface area (Å²) in [5, 5.41) is 0. The molecule has 160 valence electrons. The first kappa shape index (κ1) is 19.5. The SMILES string of the molecule is Cc1nc(C2CCCCC2)n2c1c(NS(C)(=O)=O)nc1ccc(OCC3CC3)nc12. The van der Waals surface area contributed by atoms with Gasteiger partial charge in [-0.05, 0) is 44.6 Å². The predicted octanol–water partition coefficient (Wildman–Crippen LogP) is 3.79. The fraction of sp³-hybridized carbons (Fsp3) is 0.571. The van der Waals surface area contributed by atoms with Gasteiger partial charge in [-0.3, -0.25) is 9.12 Å². The predicted molar refractivity (Wildman–Crippen MR) is 116 cm³/mol. The van der Waals surface area contributed by atoms with Crippen molar-refractivity contribution in [3.63, 3.8) is 0 Å². The number of hydrogen-bond acceptors (Lipinski definition) is 6. The van der Waals surface area contributed by atoms with Gasteiger partial charge in [-0.1, -0.05) is 19.3 Å². The molecule has 3 heterocycles. The van der Waals surface area contributed by atoms with Crippen molar-refractivity contribution in [3.05, 3.63) is 23.7 Å². The lowest BCUT2D eigenvalue weighted by Gasteiger charge is -2.21. The quantitative estimate of drug-likeness (QED) is 0.640. The molecule has 0 amide bonds. The van der Waals surface area contributed by atoms with Crippen LogP contribution >= 0.6 is 0 Å². The molecule has 0 unspecified atom stereocenters. The first-order valence-corrected chi connectivity index (χ1v) is 12.6. The summed E-state index contributed by atoms with van der Waals surface area (Å²) in [4.78, 5) is 14.2. The number of rotatable bonds is 6. The minimum atomic E-state index is -3.49. The molecule has 30 heavy (non-hydrogen) atoms. The minimum Gasteiger partial charge on any atom is -0.477 e. The average Bonchev–Trinajstić information content (AvgIpc) is 3.47. The van der Waals surface area contributed by atoms with Crippen LogP contribution in [0.25, 0.3) is 16.7 Å². The maximum Gasteiger partial charge on any atom is 0.231 e. The van der Waals surface area contributed by atoms with Crippen molar-refractivity contribution in [2.75, 3.05) is 17.6 Å². The molecule has 0 bridgehead atoms. The van der Waals surface area contributed by atoms with Crippen LogP contribution in [0.1, 0.15) is 62.4 Å². The van der Waals surface area contributed by atoms with Gasteiger partial charge in [-0.2, -0.15) is 4.98 Å². The van der Waals surface area contributed by atoms with Crippen molar-refractivity contribution < 1.29 is 13.2 Å². The fourth-order valence-electron chi connectivity index (χ4n) is 4.34. The Balaban J connectivity index is 1.71. The number of aromatic nitrogens is 4. The Morgan fingerprint density at radius 2 is 1.87 bits per heavy atom. The highest BCUT2D eigenvalue weighted by Crippen LogP contribution is 2.36. The Morgan fingerprint density at radius 3 is 2.57 bits per heavy atom. The van der Waals surface area contributed by atoms with E-state index in [1.165, 1.54) is 32.1 Å². The number of hydrogen-bond donors (Lipinski definition) is 1. The van der Waals surface area contributed by atoms with E-state index < -0.39 is 10.0 Å². The van der Waals surface area contributed by atoms with Crippen molar-refractivity contribution >= 4 is 32.5 Å². The summed E-state index contributed by atoms with van der Waals surface area (Å²) in [6.45, 7) is 2.58. The molecular weight excluding hydrogens is 402 g/mol. The molecule has 1 N–H and O–H groups in total. The van der Waals surface area contributed by atoms with Gasteiger partial charge in [0.05, 0.1) is 18.6 Å². The summed E-state index contributed by atoms with van der Waals surface area (Å²) in [6, 6.07) is 3.65. The molecule has 0 aromatic carbocycles. The number of nitrogens with one attached hydrogen (secondary N) is 1. The Labute approximate surface area is 176 Å². The lowest BCUT2D eigenvalue weighted by atomic mass is 9.89. The van der Waals surface area contributed by atoms with Gasteiger partial charge in [0.1, 0.15) is 16.9 Å². The van der Waals surface area contributed by atoms with E-state index in [2.05, 4.69) is 9.71 Å². The van der Waals surface area contributed by atoms with Crippen molar-refractivity contribution in [1.82, 2.24) is 19.4 Å². The van der Waals surface area contributed by atoms with E-state index in [4.69, 9.17) is 14.7 Å². The normalized spacial score (nSPS) is 18.2. The third-order valence-electron chi connectivity index (χ3n) is 5.99. The highest BCUT2D eigenvalue weighted by Gasteiger charge is 2.26. The van der Waals surface area contributed by atoms with Gasteiger partial charge < -0.3 is 4.74 Å². The third-order valence-corrected chi connectivity index (χ3v) is 6.56. The summed E-state index contributed by atoms with van der Waals surface area (Å²) in [6.07, 6.45) is 9.33. The van der Waals surface area contributed by atoms with Crippen LogP contribution in [-0.2, 0) is 10.0 Å². The van der Waals surface area contributed by atoms with Crippen LogP contribution < -0.4 is 9.46 Å². The highest BCUT2D eigenvalue weighted by molar-refractivity contribution is 7.92. The molecule has 2 saturated carbocycles. The van der Waals surface area contributed by atoms with Crippen LogP contribution in [0.15, 0.2) is 12.1 Å². The molecule has 8 nitrogen and oxygen atoms in total. The van der Waals surface area contributed by atoms with Gasteiger partial charge in [-0.25, -0.2) is 18.4 Å². The first-order chi connectivity index (χ1) is 14.4. The van der Waals surface area contributed by atoms with Crippen LogP contribution in [0.2, 0.25) is 0 Å². The number of nitrogens with zero attached hydrogens (tertiary/aromatic N) is 4. The molecule has 0 spiro atoms. The topological polar surface area (TPSA) is 98.5 Å². The van der Waals surface area contributed by atoms with E-state index in [-0.39, 0.29) is 0 Å². The van der Waals surface area contributed by atoms with E-state index in [1.807, 2.05) is 17.4 Å². The minimum absolute atomic E-state index is 0.297. The van der Waals surface area contributed by atoms with Crippen molar-refractivity contribution in [2.24, 2.45) is 5.92 Å². The van der Waals surface area contributed by atoms with E-state index in [0.717, 1.165) is 30.6 Å². The Morgan fingerprint density at radius 1 is 1.10 bits per heavy atom. The van der Waals surface area contributed by atoms with Gasteiger partial charge in [0.15, 0.2) is 11.5 Å². The zero-order valence-corrected chi connectivity index (χ0v) is 18.2. The summed E-state index contributed by atoms with van der Waals surface area (Å²) < 4.78 is 34.5. The summed E-state index contributed by atoms with van der Waals surface area (Å²) in [5.74, 6) is 2.77. The number of fused-ring (bicyclic) bond motifs is 3. The number of ether oxygens (including phenoxy) is 1. The third kappa shape index (κ3) is 3.82. The van der Waals surface area contributed by atoms with Gasteiger partial charge in [0, 0.05) is 12.0 Å². The maximum atomic E-state index is 12.0. The number of aryl methyl sites for hydroxylation is 1. The van der Waals surface area contributed by atoms with Gasteiger partial charge in [-0.15, -0.1) is 0 Å². The maximum absolute atomic E-state index is 12.0. The zero-order valence-electron chi connectivity index (χ0n) is 17.4. The molecule has 5 rings (SSSR count). The number of anilines is 1. The zero-order chi connectivity index (χ0) is 20.9. The summed E-state index contributed by atoms with van der Waals surface area (Å²) >= 11 is 0. The van der Waals surface area contributed by atoms with Crippen molar-refractivity contribution in [1.29, 1.82) is 0 Å². The second-order valence-corrected chi connectivity index (χ2v) is 10.4. The van der Waals surface area contributed by atoms with Crippen molar-refractivity contribution in [3.8, 4) is 5.88 Å². The van der Waals surface area contributed by atoms with E-state index in [9.17, 15) is 8.42 Å². The monoisotopic (exact) mass is 429 g/mol. The molecule has 0 aliphatic heterocycles. The Hall–Kier alpha value is -2.42. The summed E-state index contributed by atoms with van der Waals surface area (Å²) in [5.41, 5.74) is 2.70. The van der Waals surface area contributed by atoms with E-state index in [1.54, 1.807) is 6.07 Å². The van der Waals surface area contributed by atoms with E-state index in [0.29, 0.717) is 46.8 Å². The van der Waals surface area contributed by atoms with Crippen LogP contribution in [0.5, 0.6) is 5.88 Å². The Bertz CT molecular complexity index is 1210. The second kappa shape index (κ2) is 7.37. The van der Waals surface area contributed by atoms with Gasteiger partial charge in [0.2, 0.25) is 15.9 Å². The number of sulfonamides is 1. The van der Waals surface area contributed by atoms with Crippen LogP contribution in [0, 0.1) is 12.8 Å². The molecule has 3 aromatic heterocycles. The summed E-state index contributed by atoms with van der Waals surface area (Å²) in [7, 11) is -3.49. The molecule has 3 aromatic rings. The van der Waals surface area contributed by atoms with Gasteiger partial charge in [0.25, 0.3) is 0 Å². The molecule has 2 aliphatic rings. The largest absolute Gasteiger partial charge is 0.477 e. The molecule has 2 aliphatic carbocycles. The standard InChI is InChI=1S/C21H27N5O3S/c1-13-18-19(25-30(2,27)28)23-16-10-11-17(29-12-14-8-9-14)24-21(16)26(18)20(22-13)15-6-4-3-5-7-15/h10-11,14-15H,3-9,12H2,1-2H3,(H,23,25). The van der Waals surface area contributed by atoms with Gasteiger partial charge >= 0.3 is 0 Å². The highest BCUT2D eigenvalue weighted by atomic mass is 32.2. The molecule has 2 fully saturated rings. The Kier molecular flexibility index (Phi) is 4.80. The molecule has 0 atom stereocenters. The number of pyridine rings is 1. The fourth-order valence-corrected chi connectivity index (χ4v) is 4.83. The average molecular weight is 430 g/mol. The molecular formula is C21H27N5O3S. The smallest absolute Gasteiger partial charge is 0.231 e. The second-order valence-electron chi connectivity index (χ2n) is 8.66. The lowest BCUT2D eigenvalue weighted by molar-refractivity contribution is 0.289. The van der Waals surface area contributed by atoms with Crippen molar-refractivity contribution in [2.45, 2.75) is 57.8 Å². The number of imidazole rings is 1. The van der Waals surface area contributed by atoms with Crippen LogP contribution in [-0.4, -0.2) is 40.6 Å². The van der Waals surface area contributed by atoms with Crippen LogP contribution in [0.3, 0.4) is 0 Å². The lowest BCUT2D eigenvalue weighted by Crippen LogP contribution is -2.14. The van der Waals surface area contributed by atoms with Crippen LogP contribution in [0.4, 0.5) is 5.82 Å². The molecule has 0 radical (unpaired) electrons.